The minimum atomic E-state index is -0.174. The molecule has 1 N–H and O–H groups in total. The molecular weight excluding hydrogens is 251 g/mol. The van der Waals surface area contributed by atoms with Crippen molar-refractivity contribution in [2.45, 2.75) is 12.5 Å². The van der Waals surface area contributed by atoms with Crippen LogP contribution in [0, 0.1) is 5.82 Å². The van der Waals surface area contributed by atoms with Gasteiger partial charge in [0.25, 0.3) is 0 Å². The number of anilines is 1. The van der Waals surface area contributed by atoms with Crippen molar-refractivity contribution in [3.8, 4) is 0 Å². The Morgan fingerprint density at radius 1 is 0.950 bits per heavy atom. The molecule has 1 fully saturated rings. The van der Waals surface area contributed by atoms with Gasteiger partial charge in [0.1, 0.15) is 5.82 Å². The topological polar surface area (TPSA) is 15.3 Å². The first-order valence-corrected chi connectivity index (χ1v) is 7.12. The van der Waals surface area contributed by atoms with Gasteiger partial charge in [0, 0.05) is 18.8 Å². The van der Waals surface area contributed by atoms with Crippen LogP contribution in [0.5, 0.6) is 0 Å². The first-order valence-electron chi connectivity index (χ1n) is 7.12. The molecule has 0 saturated carbocycles. The van der Waals surface area contributed by atoms with E-state index in [9.17, 15) is 4.39 Å². The zero-order valence-electron chi connectivity index (χ0n) is 11.4. The van der Waals surface area contributed by atoms with Gasteiger partial charge in [0.2, 0.25) is 0 Å². The molecule has 0 aromatic heterocycles. The molecule has 1 aliphatic rings. The third kappa shape index (κ3) is 2.83. The van der Waals surface area contributed by atoms with Crippen LogP contribution >= 0.6 is 0 Å². The lowest BCUT2D eigenvalue weighted by molar-refractivity contribution is 0.605. The molecular formula is C17H19FN2. The highest BCUT2D eigenvalue weighted by Crippen LogP contribution is 2.30. The molecule has 3 heteroatoms. The van der Waals surface area contributed by atoms with Crippen LogP contribution in [0.4, 0.5) is 10.1 Å². The van der Waals surface area contributed by atoms with Gasteiger partial charge in [-0.15, -0.1) is 0 Å². The van der Waals surface area contributed by atoms with Crippen molar-refractivity contribution in [2.75, 3.05) is 24.5 Å². The maximum absolute atomic E-state index is 13.1. The summed E-state index contributed by atoms with van der Waals surface area (Å²) in [5, 5.41) is 3.44. The van der Waals surface area contributed by atoms with Crippen molar-refractivity contribution in [3.05, 3.63) is 66.0 Å². The van der Waals surface area contributed by atoms with Gasteiger partial charge in [0.15, 0.2) is 0 Å². The largest absolute Gasteiger partial charge is 0.363 e. The van der Waals surface area contributed by atoms with Crippen LogP contribution in [0.1, 0.15) is 18.0 Å². The molecule has 1 atom stereocenters. The minimum Gasteiger partial charge on any atom is -0.363 e. The van der Waals surface area contributed by atoms with Gasteiger partial charge >= 0.3 is 0 Å². The van der Waals surface area contributed by atoms with Crippen molar-refractivity contribution >= 4 is 5.69 Å². The molecule has 1 aliphatic heterocycles. The van der Waals surface area contributed by atoms with E-state index in [-0.39, 0.29) is 5.82 Å². The number of para-hydroxylation sites is 1. The van der Waals surface area contributed by atoms with Gasteiger partial charge in [0.05, 0.1) is 6.04 Å². The molecule has 2 nitrogen and oxygen atoms in total. The normalized spacial score (nSPS) is 19.6. The molecule has 104 valence electrons. The molecule has 2 aromatic rings. The number of hydrogen-bond donors (Lipinski definition) is 1. The Bertz CT molecular complexity index is 539. The number of nitrogens with one attached hydrogen (secondary N) is 1. The van der Waals surface area contributed by atoms with E-state index in [0.717, 1.165) is 26.1 Å². The van der Waals surface area contributed by atoms with Crippen LogP contribution in [-0.4, -0.2) is 19.6 Å². The molecule has 20 heavy (non-hydrogen) atoms. The highest BCUT2D eigenvalue weighted by molar-refractivity contribution is 5.49. The summed E-state index contributed by atoms with van der Waals surface area (Å²) in [6.45, 7) is 2.93. The van der Waals surface area contributed by atoms with Gasteiger partial charge in [-0.3, -0.25) is 0 Å². The molecule has 0 unspecified atom stereocenters. The summed E-state index contributed by atoms with van der Waals surface area (Å²) in [7, 11) is 0. The quantitative estimate of drug-likeness (QED) is 0.900. The third-order valence-electron chi connectivity index (χ3n) is 3.84. The standard InChI is InChI=1S/C17H19FN2/c18-15-8-6-14(7-9-15)17-10-11-19-12-13-20(17)16-4-2-1-3-5-16/h1-9,17,19H,10-13H2/t17-/m0/s1. The minimum absolute atomic E-state index is 0.174. The number of hydrogen-bond acceptors (Lipinski definition) is 2. The SMILES string of the molecule is Fc1ccc([C@@H]2CCNCCN2c2ccccc2)cc1. The van der Waals surface area contributed by atoms with E-state index in [2.05, 4.69) is 34.5 Å². The maximum Gasteiger partial charge on any atom is 0.123 e. The number of halogens is 1. The summed E-state index contributed by atoms with van der Waals surface area (Å²) >= 11 is 0. The van der Waals surface area contributed by atoms with E-state index in [1.165, 1.54) is 11.3 Å². The van der Waals surface area contributed by atoms with Crippen LogP contribution in [0.2, 0.25) is 0 Å². The Kier molecular flexibility index (Phi) is 3.97. The molecule has 2 aromatic carbocycles. The molecule has 0 bridgehead atoms. The summed E-state index contributed by atoms with van der Waals surface area (Å²) < 4.78 is 13.1. The van der Waals surface area contributed by atoms with Gasteiger partial charge < -0.3 is 10.2 Å². The molecule has 0 amide bonds. The third-order valence-corrected chi connectivity index (χ3v) is 3.84. The summed E-state index contributed by atoms with van der Waals surface area (Å²) in [4.78, 5) is 2.41. The maximum atomic E-state index is 13.1. The lowest BCUT2D eigenvalue weighted by atomic mass is 10.0. The molecule has 1 heterocycles. The summed E-state index contributed by atoms with van der Waals surface area (Å²) in [6, 6.07) is 17.7. The highest BCUT2D eigenvalue weighted by atomic mass is 19.1. The van der Waals surface area contributed by atoms with Crippen molar-refractivity contribution in [2.24, 2.45) is 0 Å². The second-order valence-corrected chi connectivity index (χ2v) is 5.13. The zero-order valence-corrected chi connectivity index (χ0v) is 11.4. The molecule has 1 saturated heterocycles. The van der Waals surface area contributed by atoms with Crippen molar-refractivity contribution in [1.82, 2.24) is 5.32 Å². The van der Waals surface area contributed by atoms with Gasteiger partial charge in [-0.2, -0.15) is 0 Å². The number of nitrogens with zero attached hydrogens (tertiary/aromatic N) is 1. The second kappa shape index (κ2) is 6.06. The van der Waals surface area contributed by atoms with Gasteiger partial charge in [-0.25, -0.2) is 4.39 Å². The van der Waals surface area contributed by atoms with E-state index in [0.29, 0.717) is 6.04 Å². The fourth-order valence-corrected chi connectivity index (χ4v) is 2.84. The average Bonchev–Trinajstić information content (AvgIpc) is 2.75. The van der Waals surface area contributed by atoms with E-state index in [4.69, 9.17) is 0 Å². The lowest BCUT2D eigenvalue weighted by Crippen LogP contribution is -2.30. The monoisotopic (exact) mass is 270 g/mol. The predicted octanol–water partition coefficient (Wildman–Crippen LogP) is 3.37. The van der Waals surface area contributed by atoms with Crippen LogP contribution in [0.25, 0.3) is 0 Å². The average molecular weight is 270 g/mol. The van der Waals surface area contributed by atoms with E-state index < -0.39 is 0 Å². The molecule has 0 spiro atoms. The molecule has 0 radical (unpaired) electrons. The summed E-state index contributed by atoms with van der Waals surface area (Å²) in [5.41, 5.74) is 2.41. The van der Waals surface area contributed by atoms with Crippen LogP contribution in [0.3, 0.4) is 0 Å². The first-order chi connectivity index (χ1) is 9.84. The fraction of sp³-hybridized carbons (Fsp3) is 0.294. The summed E-state index contributed by atoms with van der Waals surface area (Å²) in [6.07, 6.45) is 1.03. The Hall–Kier alpha value is -1.87. The zero-order chi connectivity index (χ0) is 13.8. The van der Waals surface area contributed by atoms with Crippen LogP contribution in [0.15, 0.2) is 54.6 Å². The molecule has 3 rings (SSSR count). The lowest BCUT2D eigenvalue weighted by Gasteiger charge is -2.32. The van der Waals surface area contributed by atoms with Crippen LogP contribution < -0.4 is 10.2 Å². The fourth-order valence-electron chi connectivity index (χ4n) is 2.84. The van der Waals surface area contributed by atoms with Crippen molar-refractivity contribution in [3.63, 3.8) is 0 Å². The summed E-state index contributed by atoms with van der Waals surface area (Å²) in [5.74, 6) is -0.174. The Labute approximate surface area is 119 Å². The Morgan fingerprint density at radius 3 is 2.45 bits per heavy atom. The highest BCUT2D eigenvalue weighted by Gasteiger charge is 2.22. The van der Waals surface area contributed by atoms with Crippen molar-refractivity contribution < 1.29 is 4.39 Å². The Balaban J connectivity index is 1.93. The van der Waals surface area contributed by atoms with Crippen molar-refractivity contribution in [1.29, 1.82) is 0 Å². The van der Waals surface area contributed by atoms with E-state index >= 15 is 0 Å². The van der Waals surface area contributed by atoms with Gasteiger partial charge in [-0.1, -0.05) is 30.3 Å². The van der Waals surface area contributed by atoms with Gasteiger partial charge in [-0.05, 0) is 42.8 Å². The first kappa shape index (κ1) is 13.1. The smallest absolute Gasteiger partial charge is 0.123 e. The second-order valence-electron chi connectivity index (χ2n) is 5.13. The van der Waals surface area contributed by atoms with Crippen LogP contribution in [-0.2, 0) is 0 Å². The predicted molar refractivity (Wildman–Crippen MR) is 80.4 cm³/mol. The number of benzene rings is 2. The van der Waals surface area contributed by atoms with E-state index in [1.807, 2.05) is 18.2 Å². The molecule has 0 aliphatic carbocycles. The Morgan fingerprint density at radius 2 is 1.70 bits per heavy atom. The van der Waals surface area contributed by atoms with E-state index in [1.54, 1.807) is 12.1 Å². The number of rotatable bonds is 2.